The van der Waals surface area contributed by atoms with Crippen LogP contribution in [0.4, 0.5) is 13.6 Å². The number of amides is 1. The second kappa shape index (κ2) is 4.30. The molecule has 0 radical (unpaired) electrons. The summed E-state index contributed by atoms with van der Waals surface area (Å²) in [6, 6.07) is 0. The summed E-state index contributed by atoms with van der Waals surface area (Å²) in [4.78, 5) is 11.5. The third kappa shape index (κ3) is 2.20. The van der Waals surface area contributed by atoms with Crippen molar-refractivity contribution in [2.75, 3.05) is 19.7 Å². The Morgan fingerprint density at radius 2 is 2.00 bits per heavy atom. The Labute approximate surface area is 111 Å². The van der Waals surface area contributed by atoms with Gasteiger partial charge in [-0.2, -0.15) is 0 Å². The molecule has 110 valence electrons. The van der Waals surface area contributed by atoms with Crippen LogP contribution in [0, 0.1) is 10.8 Å². The molecule has 0 bridgehead atoms. The van der Waals surface area contributed by atoms with E-state index in [0.717, 1.165) is 0 Å². The van der Waals surface area contributed by atoms with Gasteiger partial charge in [-0.3, -0.25) is 0 Å². The number of rotatable bonds is 0. The number of piperidine rings is 1. The topological polar surface area (TPSA) is 52.6 Å². The third-order valence-electron chi connectivity index (χ3n) is 4.33. The van der Waals surface area contributed by atoms with Gasteiger partial charge in [0.05, 0.1) is 18.1 Å². The summed E-state index contributed by atoms with van der Waals surface area (Å²) in [6.07, 6.45) is -1.68. The van der Waals surface area contributed by atoms with Crippen LogP contribution in [0.5, 0.6) is 0 Å². The Morgan fingerprint density at radius 3 is 2.47 bits per heavy atom. The van der Waals surface area contributed by atoms with E-state index >= 15 is 0 Å². The van der Waals surface area contributed by atoms with Gasteiger partial charge in [-0.1, -0.05) is 20.8 Å². The molecule has 19 heavy (non-hydrogen) atoms. The molecule has 1 amide bonds. The van der Waals surface area contributed by atoms with E-state index in [-0.39, 0.29) is 19.4 Å². The Hall–Kier alpha value is -0.910. The summed E-state index contributed by atoms with van der Waals surface area (Å²) < 4.78 is 34.7. The fourth-order valence-corrected chi connectivity index (χ4v) is 3.51. The Kier molecular flexibility index (Phi) is 3.28. The number of alkyl halides is 2. The van der Waals surface area contributed by atoms with E-state index in [2.05, 4.69) is 0 Å². The van der Waals surface area contributed by atoms with Crippen molar-refractivity contribution >= 4 is 6.09 Å². The Morgan fingerprint density at radius 1 is 1.37 bits per heavy atom. The lowest BCUT2D eigenvalue weighted by Gasteiger charge is -2.51. The summed E-state index contributed by atoms with van der Waals surface area (Å²) in [6.45, 7) is 5.26. The lowest BCUT2D eigenvalue weighted by Crippen LogP contribution is -2.63. The molecule has 2 aliphatic heterocycles. The molecule has 6 heteroatoms. The van der Waals surface area contributed by atoms with Crippen molar-refractivity contribution < 1.29 is 23.4 Å². The van der Waals surface area contributed by atoms with Gasteiger partial charge in [0, 0.05) is 13.2 Å². The first-order chi connectivity index (χ1) is 8.60. The molecule has 4 nitrogen and oxygen atoms in total. The van der Waals surface area contributed by atoms with E-state index in [1.807, 2.05) is 20.8 Å². The van der Waals surface area contributed by atoms with Gasteiger partial charge in [-0.25, -0.2) is 8.78 Å². The van der Waals surface area contributed by atoms with E-state index in [4.69, 9.17) is 4.74 Å². The molecule has 2 atom stereocenters. The van der Waals surface area contributed by atoms with Crippen LogP contribution in [-0.4, -0.2) is 42.7 Å². The van der Waals surface area contributed by atoms with E-state index in [0.29, 0.717) is 11.5 Å². The molecule has 2 rings (SSSR count). The van der Waals surface area contributed by atoms with Crippen LogP contribution in [0.15, 0.2) is 0 Å². The first-order valence-corrected chi connectivity index (χ1v) is 6.55. The summed E-state index contributed by atoms with van der Waals surface area (Å²) in [5, 5.41) is 10.8. The standard InChI is InChI=1S/C13H21F2NO3/c1-11(2,3)9-12(5-7-19-9)4-6-16(10(17)18)8-13(12,14)15/h9H,4-8H2,1-3H3,(H,17,18)/p-1. The second-order valence-electron chi connectivity index (χ2n) is 6.66. The molecule has 0 aliphatic carbocycles. The highest BCUT2D eigenvalue weighted by atomic mass is 19.3. The highest BCUT2D eigenvalue weighted by Gasteiger charge is 2.65. The lowest BCUT2D eigenvalue weighted by molar-refractivity contribution is -0.280. The number of hydrogen-bond donors (Lipinski definition) is 0. The van der Waals surface area contributed by atoms with Gasteiger partial charge in [-0.05, 0) is 18.3 Å². The van der Waals surface area contributed by atoms with Crippen molar-refractivity contribution in [2.45, 2.75) is 45.6 Å². The first kappa shape index (κ1) is 14.5. The number of likely N-dealkylation sites (tertiary alicyclic amines) is 1. The molecule has 2 unspecified atom stereocenters. The van der Waals surface area contributed by atoms with Gasteiger partial charge in [-0.15, -0.1) is 0 Å². The van der Waals surface area contributed by atoms with Gasteiger partial charge >= 0.3 is 0 Å². The zero-order chi connectivity index (χ0) is 14.5. The number of carbonyl (C=O) groups excluding carboxylic acids is 1. The molecular formula is C13H20F2NO3-. The molecule has 2 fully saturated rings. The lowest BCUT2D eigenvalue weighted by atomic mass is 9.63. The van der Waals surface area contributed by atoms with Crippen molar-refractivity contribution in [1.29, 1.82) is 0 Å². The SMILES string of the molecule is CC(C)(C)C1OCCC12CCN(C(=O)[O-])CC2(F)F. The van der Waals surface area contributed by atoms with Crippen molar-refractivity contribution in [2.24, 2.45) is 10.8 Å². The molecule has 2 heterocycles. The molecule has 0 aromatic carbocycles. The molecule has 0 N–H and O–H groups in total. The maximum Gasteiger partial charge on any atom is 0.273 e. The minimum Gasteiger partial charge on any atom is -0.530 e. The zero-order valence-electron chi connectivity index (χ0n) is 11.5. The maximum atomic E-state index is 14.5. The molecule has 0 aromatic rings. The van der Waals surface area contributed by atoms with Crippen molar-refractivity contribution in [3.8, 4) is 0 Å². The highest BCUT2D eigenvalue weighted by Crippen LogP contribution is 2.56. The number of carbonyl (C=O) groups is 1. The fraction of sp³-hybridized carbons (Fsp3) is 0.923. The van der Waals surface area contributed by atoms with E-state index in [1.165, 1.54) is 0 Å². The van der Waals surface area contributed by atoms with Gasteiger partial charge in [0.1, 0.15) is 6.09 Å². The van der Waals surface area contributed by atoms with Gasteiger partial charge < -0.3 is 19.5 Å². The number of nitrogens with zero attached hydrogens (tertiary/aromatic N) is 1. The molecule has 0 saturated carbocycles. The van der Waals surface area contributed by atoms with E-state index in [1.54, 1.807) is 0 Å². The van der Waals surface area contributed by atoms with Gasteiger partial charge in [0.25, 0.3) is 5.92 Å². The average molecular weight is 276 g/mol. The van der Waals surface area contributed by atoms with E-state index < -0.39 is 35.5 Å². The van der Waals surface area contributed by atoms with Gasteiger partial charge in [0.2, 0.25) is 0 Å². The second-order valence-corrected chi connectivity index (χ2v) is 6.66. The summed E-state index contributed by atoms with van der Waals surface area (Å²) in [5.74, 6) is -3.08. The quantitative estimate of drug-likeness (QED) is 0.673. The van der Waals surface area contributed by atoms with Crippen LogP contribution < -0.4 is 5.11 Å². The van der Waals surface area contributed by atoms with Crippen LogP contribution in [0.1, 0.15) is 33.6 Å². The minimum absolute atomic E-state index is 0.0911. The maximum absolute atomic E-state index is 14.5. The summed E-state index contributed by atoms with van der Waals surface area (Å²) >= 11 is 0. The van der Waals surface area contributed by atoms with E-state index in [9.17, 15) is 18.7 Å². The minimum atomic E-state index is -3.08. The Bertz CT molecular complexity index is 381. The fourth-order valence-electron chi connectivity index (χ4n) is 3.51. The Balaban J connectivity index is 2.31. The number of hydrogen-bond acceptors (Lipinski definition) is 3. The monoisotopic (exact) mass is 276 g/mol. The smallest absolute Gasteiger partial charge is 0.273 e. The normalized spacial score (nSPS) is 34.8. The largest absolute Gasteiger partial charge is 0.530 e. The van der Waals surface area contributed by atoms with Crippen LogP contribution in [0.25, 0.3) is 0 Å². The van der Waals surface area contributed by atoms with Crippen molar-refractivity contribution in [3.05, 3.63) is 0 Å². The van der Waals surface area contributed by atoms with Crippen LogP contribution >= 0.6 is 0 Å². The van der Waals surface area contributed by atoms with Crippen molar-refractivity contribution in [3.63, 3.8) is 0 Å². The summed E-state index contributed by atoms with van der Waals surface area (Å²) in [7, 11) is 0. The average Bonchev–Trinajstić information content (AvgIpc) is 2.67. The molecular weight excluding hydrogens is 256 g/mol. The molecule has 0 aromatic heterocycles. The third-order valence-corrected chi connectivity index (χ3v) is 4.33. The summed E-state index contributed by atoms with van der Waals surface area (Å²) in [5.41, 5.74) is -1.65. The predicted octanol–water partition coefficient (Wildman–Crippen LogP) is 1.49. The highest BCUT2D eigenvalue weighted by molar-refractivity contribution is 5.62. The zero-order valence-corrected chi connectivity index (χ0v) is 11.5. The van der Waals surface area contributed by atoms with Crippen LogP contribution in [-0.2, 0) is 4.74 Å². The van der Waals surface area contributed by atoms with Crippen LogP contribution in [0.2, 0.25) is 0 Å². The van der Waals surface area contributed by atoms with Gasteiger partial charge in [0.15, 0.2) is 0 Å². The van der Waals surface area contributed by atoms with Crippen LogP contribution in [0.3, 0.4) is 0 Å². The van der Waals surface area contributed by atoms with Crippen molar-refractivity contribution in [1.82, 2.24) is 4.90 Å². The number of halogens is 2. The first-order valence-electron chi connectivity index (χ1n) is 6.55. The number of ether oxygens (including phenoxy) is 1. The molecule has 2 aliphatic rings. The predicted molar refractivity (Wildman–Crippen MR) is 62.8 cm³/mol. The number of carboxylic acid groups (broad SMARTS) is 1. The molecule has 2 saturated heterocycles. The molecule has 1 spiro atoms.